The van der Waals surface area contributed by atoms with Crippen LogP contribution in [0.5, 0.6) is 0 Å². The van der Waals surface area contributed by atoms with E-state index in [0.29, 0.717) is 11.9 Å². The Labute approximate surface area is 92.2 Å². The standard InChI is InChI=1S/C12H22N2O/c1-13-11-8-5-9-14(12(11)15)10-6-3-2-4-7-10/h10-11,13H,2-9H2,1H3. The monoisotopic (exact) mass is 210 g/mol. The predicted octanol–water partition coefficient (Wildman–Crippen LogP) is 1.53. The van der Waals surface area contributed by atoms with Crippen LogP contribution in [0, 0.1) is 0 Å². The maximum atomic E-state index is 12.1. The minimum absolute atomic E-state index is 0.0840. The van der Waals surface area contributed by atoms with Crippen LogP contribution in [-0.2, 0) is 4.79 Å². The third-order valence-electron chi connectivity index (χ3n) is 3.84. The first-order valence-electron chi connectivity index (χ1n) is 6.30. The second kappa shape index (κ2) is 4.97. The SMILES string of the molecule is CNC1CCCN(C2CCCCC2)C1=O. The summed E-state index contributed by atoms with van der Waals surface area (Å²) in [6.07, 6.45) is 8.59. The number of likely N-dealkylation sites (N-methyl/N-ethyl adjacent to an activating group) is 1. The van der Waals surface area contributed by atoms with Gasteiger partial charge in [-0.25, -0.2) is 0 Å². The fourth-order valence-corrected chi connectivity index (χ4v) is 2.92. The van der Waals surface area contributed by atoms with E-state index in [1.807, 2.05) is 7.05 Å². The summed E-state index contributed by atoms with van der Waals surface area (Å²) in [5.74, 6) is 0.343. The average Bonchev–Trinajstić information content (AvgIpc) is 2.30. The van der Waals surface area contributed by atoms with Gasteiger partial charge in [0.15, 0.2) is 0 Å². The van der Waals surface area contributed by atoms with Crippen LogP contribution in [0.15, 0.2) is 0 Å². The highest BCUT2D eigenvalue weighted by molar-refractivity contribution is 5.82. The van der Waals surface area contributed by atoms with E-state index >= 15 is 0 Å². The summed E-state index contributed by atoms with van der Waals surface area (Å²) in [6.45, 7) is 0.988. The molecule has 1 amide bonds. The van der Waals surface area contributed by atoms with Gasteiger partial charge in [-0.1, -0.05) is 19.3 Å². The highest BCUT2D eigenvalue weighted by atomic mass is 16.2. The largest absolute Gasteiger partial charge is 0.338 e. The molecule has 0 aromatic carbocycles. The van der Waals surface area contributed by atoms with Crippen LogP contribution in [0.4, 0.5) is 0 Å². The van der Waals surface area contributed by atoms with Crippen LogP contribution in [0.1, 0.15) is 44.9 Å². The van der Waals surface area contributed by atoms with Gasteiger partial charge in [0.05, 0.1) is 6.04 Å². The molecule has 15 heavy (non-hydrogen) atoms. The van der Waals surface area contributed by atoms with Crippen molar-refractivity contribution in [2.75, 3.05) is 13.6 Å². The van der Waals surface area contributed by atoms with Crippen molar-refractivity contribution in [2.24, 2.45) is 0 Å². The van der Waals surface area contributed by atoms with E-state index in [-0.39, 0.29) is 6.04 Å². The molecule has 1 unspecified atom stereocenters. The normalized spacial score (nSPS) is 29.5. The molecule has 2 rings (SSSR count). The molecule has 1 atom stereocenters. The molecule has 86 valence electrons. The smallest absolute Gasteiger partial charge is 0.239 e. The van der Waals surface area contributed by atoms with Crippen molar-refractivity contribution < 1.29 is 4.79 Å². The van der Waals surface area contributed by atoms with Crippen LogP contribution in [0.3, 0.4) is 0 Å². The Bertz CT molecular complexity index is 224. The Morgan fingerprint density at radius 3 is 2.53 bits per heavy atom. The highest BCUT2D eigenvalue weighted by Gasteiger charge is 2.32. The second-order valence-electron chi connectivity index (χ2n) is 4.81. The lowest BCUT2D eigenvalue weighted by molar-refractivity contribution is -0.139. The first kappa shape index (κ1) is 10.9. The molecule has 3 heteroatoms. The minimum Gasteiger partial charge on any atom is -0.338 e. The predicted molar refractivity (Wildman–Crippen MR) is 60.7 cm³/mol. The zero-order valence-corrected chi connectivity index (χ0v) is 9.67. The number of carbonyl (C=O) groups is 1. The topological polar surface area (TPSA) is 32.3 Å². The van der Waals surface area contributed by atoms with E-state index in [1.54, 1.807) is 0 Å². The number of carbonyl (C=O) groups excluding carboxylic acids is 1. The summed E-state index contributed by atoms with van der Waals surface area (Å²) in [5, 5.41) is 3.13. The average molecular weight is 210 g/mol. The van der Waals surface area contributed by atoms with Crippen molar-refractivity contribution in [1.29, 1.82) is 0 Å². The molecule has 0 bridgehead atoms. The van der Waals surface area contributed by atoms with Crippen molar-refractivity contribution in [3.05, 3.63) is 0 Å². The number of likely N-dealkylation sites (tertiary alicyclic amines) is 1. The number of rotatable bonds is 2. The van der Waals surface area contributed by atoms with Crippen LogP contribution >= 0.6 is 0 Å². The minimum atomic E-state index is 0.0840. The van der Waals surface area contributed by atoms with Gasteiger partial charge in [0.1, 0.15) is 0 Å². The molecule has 1 saturated carbocycles. The maximum absolute atomic E-state index is 12.1. The fraction of sp³-hybridized carbons (Fsp3) is 0.917. The quantitative estimate of drug-likeness (QED) is 0.749. The Hall–Kier alpha value is -0.570. The zero-order chi connectivity index (χ0) is 10.7. The molecule has 2 aliphatic rings. The molecular formula is C12H22N2O. The summed E-state index contributed by atoms with van der Waals surface area (Å²) in [5.41, 5.74) is 0. The summed E-state index contributed by atoms with van der Waals surface area (Å²) < 4.78 is 0. The first-order valence-corrected chi connectivity index (χ1v) is 6.30. The molecule has 0 spiro atoms. The van der Waals surface area contributed by atoms with Crippen LogP contribution < -0.4 is 5.32 Å². The third-order valence-corrected chi connectivity index (χ3v) is 3.84. The van der Waals surface area contributed by atoms with Gasteiger partial charge in [0, 0.05) is 12.6 Å². The molecule has 0 aromatic rings. The second-order valence-corrected chi connectivity index (χ2v) is 4.81. The molecule has 1 aliphatic heterocycles. The molecule has 2 fully saturated rings. The lowest BCUT2D eigenvalue weighted by Gasteiger charge is -2.39. The van der Waals surface area contributed by atoms with Gasteiger partial charge in [-0.2, -0.15) is 0 Å². The number of nitrogens with zero attached hydrogens (tertiary/aromatic N) is 1. The van der Waals surface area contributed by atoms with E-state index in [1.165, 1.54) is 32.1 Å². The number of hydrogen-bond donors (Lipinski definition) is 1. The Morgan fingerprint density at radius 2 is 1.87 bits per heavy atom. The molecule has 0 aromatic heterocycles. The number of amides is 1. The van der Waals surface area contributed by atoms with Crippen LogP contribution in [-0.4, -0.2) is 36.5 Å². The molecule has 3 nitrogen and oxygen atoms in total. The fourth-order valence-electron chi connectivity index (χ4n) is 2.92. The van der Waals surface area contributed by atoms with Crippen molar-refractivity contribution in [2.45, 2.75) is 57.0 Å². The number of hydrogen-bond acceptors (Lipinski definition) is 2. The highest BCUT2D eigenvalue weighted by Crippen LogP contribution is 2.25. The lowest BCUT2D eigenvalue weighted by atomic mass is 9.92. The van der Waals surface area contributed by atoms with E-state index in [2.05, 4.69) is 10.2 Å². The Kier molecular flexibility index (Phi) is 3.62. The Morgan fingerprint density at radius 1 is 1.13 bits per heavy atom. The number of piperidine rings is 1. The van der Waals surface area contributed by atoms with Gasteiger partial charge in [0.2, 0.25) is 5.91 Å². The molecule has 0 radical (unpaired) electrons. The molecule has 1 N–H and O–H groups in total. The van der Waals surface area contributed by atoms with Gasteiger partial charge in [0.25, 0.3) is 0 Å². The zero-order valence-electron chi connectivity index (χ0n) is 9.67. The molecule has 1 saturated heterocycles. The van der Waals surface area contributed by atoms with Gasteiger partial charge in [-0.05, 0) is 32.7 Å². The van der Waals surface area contributed by atoms with E-state index in [4.69, 9.17) is 0 Å². The maximum Gasteiger partial charge on any atom is 0.239 e. The van der Waals surface area contributed by atoms with E-state index < -0.39 is 0 Å². The summed E-state index contributed by atoms with van der Waals surface area (Å²) in [6, 6.07) is 0.628. The molecule has 1 aliphatic carbocycles. The van der Waals surface area contributed by atoms with Crippen molar-refractivity contribution in [3.8, 4) is 0 Å². The number of nitrogens with one attached hydrogen (secondary N) is 1. The van der Waals surface area contributed by atoms with Crippen LogP contribution in [0.2, 0.25) is 0 Å². The van der Waals surface area contributed by atoms with Gasteiger partial charge in [-0.15, -0.1) is 0 Å². The van der Waals surface area contributed by atoms with Crippen molar-refractivity contribution >= 4 is 5.91 Å². The van der Waals surface area contributed by atoms with Gasteiger partial charge >= 0.3 is 0 Å². The van der Waals surface area contributed by atoms with Crippen LogP contribution in [0.25, 0.3) is 0 Å². The summed E-state index contributed by atoms with van der Waals surface area (Å²) in [4.78, 5) is 14.3. The van der Waals surface area contributed by atoms with E-state index in [0.717, 1.165) is 19.4 Å². The summed E-state index contributed by atoms with van der Waals surface area (Å²) in [7, 11) is 1.90. The molecular weight excluding hydrogens is 188 g/mol. The van der Waals surface area contributed by atoms with Crippen molar-refractivity contribution in [3.63, 3.8) is 0 Å². The lowest BCUT2D eigenvalue weighted by Crippen LogP contribution is -2.53. The third kappa shape index (κ3) is 2.33. The summed E-state index contributed by atoms with van der Waals surface area (Å²) >= 11 is 0. The van der Waals surface area contributed by atoms with E-state index in [9.17, 15) is 4.79 Å². The first-order chi connectivity index (χ1) is 7.33. The molecule has 1 heterocycles. The van der Waals surface area contributed by atoms with Crippen molar-refractivity contribution in [1.82, 2.24) is 10.2 Å². The van der Waals surface area contributed by atoms with Gasteiger partial charge in [-0.3, -0.25) is 4.79 Å². The van der Waals surface area contributed by atoms with Gasteiger partial charge < -0.3 is 10.2 Å². The Balaban J connectivity index is 1.97.